The Hall–Kier alpha value is -3.35. The molecular formula is C28H32N2O5. The molecular weight excluding hydrogens is 444 g/mol. The van der Waals surface area contributed by atoms with Crippen LogP contribution in [0.4, 0.5) is 4.79 Å². The number of hydrogen-bond donors (Lipinski definition) is 3. The first-order chi connectivity index (χ1) is 16.8. The van der Waals surface area contributed by atoms with Crippen LogP contribution < -0.4 is 10.6 Å². The first kappa shape index (κ1) is 23.4. The van der Waals surface area contributed by atoms with Crippen molar-refractivity contribution in [1.82, 2.24) is 10.6 Å². The molecule has 0 spiro atoms. The lowest BCUT2D eigenvalue weighted by molar-refractivity contribution is -0.148. The summed E-state index contributed by atoms with van der Waals surface area (Å²) in [5, 5.41) is 15.3. The molecule has 2 saturated carbocycles. The number of carbonyl (C=O) groups excluding carboxylic acids is 2. The number of amides is 2. The molecule has 0 aromatic heterocycles. The van der Waals surface area contributed by atoms with Gasteiger partial charge in [0.2, 0.25) is 5.91 Å². The molecule has 1 atom stereocenters. The van der Waals surface area contributed by atoms with Gasteiger partial charge in [0.1, 0.15) is 12.1 Å². The van der Waals surface area contributed by atoms with Crippen LogP contribution in [0.15, 0.2) is 48.5 Å². The second-order valence-electron chi connectivity index (χ2n) is 10.5. The Bertz CT molecular complexity index is 1110. The van der Waals surface area contributed by atoms with Crippen molar-refractivity contribution in [3.63, 3.8) is 0 Å². The molecule has 0 saturated heterocycles. The highest BCUT2D eigenvalue weighted by Gasteiger charge is 2.49. The zero-order chi connectivity index (χ0) is 24.6. The van der Waals surface area contributed by atoms with Crippen molar-refractivity contribution < 1.29 is 24.2 Å². The first-order valence-corrected chi connectivity index (χ1v) is 12.4. The molecule has 184 valence electrons. The fraction of sp³-hybridized carbons (Fsp3) is 0.464. The van der Waals surface area contributed by atoms with Crippen LogP contribution in [-0.4, -0.2) is 41.8 Å². The number of fused-ring (bicyclic) bond motifs is 3. The SMILES string of the molecule is CC(NC(=O)CC1(CNC(=O)OCC2c3ccccc3-c3ccccc32)CCC1)(C(=O)O)C1CC1. The van der Waals surface area contributed by atoms with Gasteiger partial charge in [-0.1, -0.05) is 55.0 Å². The molecule has 3 N–H and O–H groups in total. The van der Waals surface area contributed by atoms with Gasteiger partial charge in [0.15, 0.2) is 0 Å². The summed E-state index contributed by atoms with van der Waals surface area (Å²) in [5.74, 6) is -1.28. The molecule has 2 amide bonds. The predicted octanol–water partition coefficient (Wildman–Crippen LogP) is 4.46. The second kappa shape index (κ2) is 9.02. The minimum absolute atomic E-state index is 0.00675. The Morgan fingerprint density at radius 1 is 1.03 bits per heavy atom. The first-order valence-electron chi connectivity index (χ1n) is 12.4. The van der Waals surface area contributed by atoms with Gasteiger partial charge in [0, 0.05) is 18.9 Å². The molecule has 0 bridgehead atoms. The van der Waals surface area contributed by atoms with E-state index in [0.717, 1.165) is 43.2 Å². The number of aliphatic carboxylic acids is 1. The minimum Gasteiger partial charge on any atom is -0.480 e. The van der Waals surface area contributed by atoms with Gasteiger partial charge < -0.3 is 20.5 Å². The van der Waals surface area contributed by atoms with Gasteiger partial charge >= 0.3 is 12.1 Å². The average Bonchev–Trinajstić information content (AvgIpc) is 3.63. The van der Waals surface area contributed by atoms with Crippen LogP contribution in [0.2, 0.25) is 0 Å². The summed E-state index contributed by atoms with van der Waals surface area (Å²) in [7, 11) is 0. The van der Waals surface area contributed by atoms with E-state index in [1.165, 1.54) is 11.1 Å². The number of hydrogen-bond acceptors (Lipinski definition) is 4. The van der Waals surface area contributed by atoms with Crippen molar-refractivity contribution in [1.29, 1.82) is 0 Å². The van der Waals surface area contributed by atoms with Crippen LogP contribution in [0.1, 0.15) is 62.5 Å². The lowest BCUT2D eigenvalue weighted by atomic mass is 9.66. The number of rotatable bonds is 9. The maximum absolute atomic E-state index is 12.8. The summed E-state index contributed by atoms with van der Waals surface area (Å²) >= 11 is 0. The maximum atomic E-state index is 12.8. The number of carboxylic acid groups (broad SMARTS) is 1. The van der Waals surface area contributed by atoms with Crippen molar-refractivity contribution in [2.24, 2.45) is 11.3 Å². The van der Waals surface area contributed by atoms with Crippen LogP contribution in [0.5, 0.6) is 0 Å². The van der Waals surface area contributed by atoms with Gasteiger partial charge in [-0.25, -0.2) is 9.59 Å². The number of carboxylic acids is 1. The molecule has 2 fully saturated rings. The molecule has 2 aromatic rings. The smallest absolute Gasteiger partial charge is 0.407 e. The quantitative estimate of drug-likeness (QED) is 0.496. The summed E-state index contributed by atoms with van der Waals surface area (Å²) in [5.41, 5.74) is 3.10. The number of benzene rings is 2. The van der Waals surface area contributed by atoms with Crippen LogP contribution in [0, 0.1) is 11.3 Å². The molecule has 2 aromatic carbocycles. The highest BCUT2D eigenvalue weighted by Crippen LogP contribution is 2.46. The van der Waals surface area contributed by atoms with Gasteiger partial charge in [-0.2, -0.15) is 0 Å². The molecule has 35 heavy (non-hydrogen) atoms. The molecule has 0 radical (unpaired) electrons. The third-order valence-electron chi connectivity index (χ3n) is 8.14. The molecule has 7 heteroatoms. The van der Waals surface area contributed by atoms with Gasteiger partial charge in [-0.3, -0.25) is 4.79 Å². The van der Waals surface area contributed by atoms with E-state index in [1.807, 2.05) is 24.3 Å². The highest BCUT2D eigenvalue weighted by atomic mass is 16.5. The van der Waals surface area contributed by atoms with E-state index in [4.69, 9.17) is 4.74 Å². The van der Waals surface area contributed by atoms with Crippen LogP contribution >= 0.6 is 0 Å². The third kappa shape index (κ3) is 4.51. The summed E-state index contributed by atoms with van der Waals surface area (Å²) in [6.07, 6.45) is 3.96. The molecule has 0 heterocycles. The summed E-state index contributed by atoms with van der Waals surface area (Å²) in [4.78, 5) is 37.1. The normalized spacial score (nSPS) is 19.5. The van der Waals surface area contributed by atoms with Crippen LogP contribution in [0.3, 0.4) is 0 Å². The number of carbonyl (C=O) groups is 3. The Morgan fingerprint density at radius 2 is 1.63 bits per heavy atom. The van der Waals surface area contributed by atoms with Gasteiger partial charge in [0.25, 0.3) is 0 Å². The zero-order valence-electron chi connectivity index (χ0n) is 20.0. The third-order valence-corrected chi connectivity index (χ3v) is 8.14. The van der Waals surface area contributed by atoms with Gasteiger partial charge in [-0.15, -0.1) is 0 Å². The molecule has 3 aliphatic rings. The molecule has 5 rings (SSSR count). The van der Waals surface area contributed by atoms with E-state index in [1.54, 1.807) is 6.92 Å². The van der Waals surface area contributed by atoms with E-state index in [0.29, 0.717) is 6.54 Å². The van der Waals surface area contributed by atoms with Crippen LogP contribution in [0.25, 0.3) is 11.1 Å². The number of nitrogens with one attached hydrogen (secondary N) is 2. The zero-order valence-corrected chi connectivity index (χ0v) is 20.0. The van der Waals surface area contributed by atoms with E-state index in [2.05, 4.69) is 34.9 Å². The van der Waals surface area contributed by atoms with Crippen molar-refractivity contribution in [2.45, 2.75) is 56.9 Å². The van der Waals surface area contributed by atoms with E-state index >= 15 is 0 Å². The minimum atomic E-state index is -1.22. The van der Waals surface area contributed by atoms with E-state index < -0.39 is 17.6 Å². The van der Waals surface area contributed by atoms with Crippen molar-refractivity contribution >= 4 is 18.0 Å². The standard InChI is InChI=1S/C28H32N2O5/c1-27(25(32)33,18-11-12-18)30-24(31)15-28(13-6-14-28)17-29-26(34)35-16-23-21-9-4-2-7-19(21)20-8-3-5-10-22(20)23/h2-5,7-10,18,23H,6,11-17H2,1H3,(H,29,34)(H,30,31)(H,32,33). The largest absolute Gasteiger partial charge is 0.480 e. The molecule has 7 nitrogen and oxygen atoms in total. The van der Waals surface area contributed by atoms with E-state index in [-0.39, 0.29) is 36.2 Å². The molecule has 3 aliphatic carbocycles. The van der Waals surface area contributed by atoms with Gasteiger partial charge in [0.05, 0.1) is 0 Å². The van der Waals surface area contributed by atoms with Crippen molar-refractivity contribution in [2.75, 3.05) is 13.2 Å². The fourth-order valence-corrected chi connectivity index (χ4v) is 5.67. The molecule has 1 unspecified atom stereocenters. The van der Waals surface area contributed by atoms with Crippen molar-refractivity contribution in [3.05, 3.63) is 59.7 Å². The average molecular weight is 477 g/mol. The topological polar surface area (TPSA) is 105 Å². The predicted molar refractivity (Wildman–Crippen MR) is 131 cm³/mol. The highest BCUT2D eigenvalue weighted by molar-refractivity contribution is 5.87. The second-order valence-corrected chi connectivity index (χ2v) is 10.5. The summed E-state index contributed by atoms with van der Waals surface area (Å²) < 4.78 is 5.63. The van der Waals surface area contributed by atoms with Gasteiger partial charge in [-0.05, 0) is 66.2 Å². The van der Waals surface area contributed by atoms with Crippen LogP contribution in [-0.2, 0) is 14.3 Å². The van der Waals surface area contributed by atoms with E-state index in [9.17, 15) is 19.5 Å². The van der Waals surface area contributed by atoms with Crippen molar-refractivity contribution in [3.8, 4) is 11.1 Å². The Balaban J connectivity index is 1.16. The fourth-order valence-electron chi connectivity index (χ4n) is 5.67. The summed E-state index contributed by atoms with van der Waals surface area (Å²) in [6, 6.07) is 16.4. The Labute approximate surface area is 205 Å². The monoisotopic (exact) mass is 476 g/mol. The summed E-state index contributed by atoms with van der Waals surface area (Å²) in [6.45, 7) is 2.17. The number of alkyl carbamates (subject to hydrolysis) is 1. The number of ether oxygens (including phenoxy) is 1. The Kier molecular flexibility index (Phi) is 6.03. The lowest BCUT2D eigenvalue weighted by Gasteiger charge is -2.42. The lowest BCUT2D eigenvalue weighted by Crippen LogP contribution is -2.55. The molecule has 0 aliphatic heterocycles. The Morgan fingerprint density at radius 3 is 2.14 bits per heavy atom. The maximum Gasteiger partial charge on any atom is 0.407 e.